The number of fused-ring (bicyclic) bond motifs is 3. The third-order valence-corrected chi connectivity index (χ3v) is 4.70. The predicted octanol–water partition coefficient (Wildman–Crippen LogP) is 2.58. The number of nitrogens with zero attached hydrogens (tertiary/aromatic N) is 3. The van der Waals surface area contributed by atoms with Gasteiger partial charge < -0.3 is 10.1 Å². The van der Waals surface area contributed by atoms with E-state index in [0.29, 0.717) is 36.3 Å². The molecular weight excluding hydrogens is 344 g/mol. The van der Waals surface area contributed by atoms with Crippen molar-refractivity contribution in [2.75, 3.05) is 6.61 Å². The molecule has 1 amide bonds. The van der Waals surface area contributed by atoms with Crippen molar-refractivity contribution in [3.63, 3.8) is 0 Å². The van der Waals surface area contributed by atoms with Gasteiger partial charge in [-0.1, -0.05) is 18.2 Å². The SMILES string of the molecule is CCOc1ccccc1CNC(=O)c1cnn2c3c(cnc12)C(=O)CCC3. The number of benzene rings is 1. The number of nitrogens with one attached hydrogen (secondary N) is 1. The van der Waals surface area contributed by atoms with E-state index >= 15 is 0 Å². The van der Waals surface area contributed by atoms with Crippen LogP contribution in [0.25, 0.3) is 5.65 Å². The van der Waals surface area contributed by atoms with Crippen LogP contribution in [0, 0.1) is 0 Å². The molecule has 0 spiro atoms. The first-order valence-corrected chi connectivity index (χ1v) is 9.06. The van der Waals surface area contributed by atoms with Gasteiger partial charge in [0.2, 0.25) is 0 Å². The quantitative estimate of drug-likeness (QED) is 0.752. The molecule has 138 valence electrons. The van der Waals surface area contributed by atoms with Crippen LogP contribution in [0.4, 0.5) is 0 Å². The number of carbonyl (C=O) groups excluding carboxylic acids is 2. The summed E-state index contributed by atoms with van der Waals surface area (Å²) in [6, 6.07) is 7.60. The lowest BCUT2D eigenvalue weighted by atomic mass is 9.96. The lowest BCUT2D eigenvalue weighted by Crippen LogP contribution is -2.23. The Morgan fingerprint density at radius 1 is 1.26 bits per heavy atom. The number of amides is 1. The van der Waals surface area contributed by atoms with Crippen LogP contribution in [0.1, 0.15) is 51.7 Å². The molecule has 27 heavy (non-hydrogen) atoms. The zero-order valence-corrected chi connectivity index (χ0v) is 15.1. The summed E-state index contributed by atoms with van der Waals surface area (Å²) >= 11 is 0. The molecule has 0 bridgehead atoms. The maximum absolute atomic E-state index is 12.7. The van der Waals surface area contributed by atoms with E-state index < -0.39 is 0 Å². The second kappa shape index (κ2) is 7.19. The van der Waals surface area contributed by atoms with Crippen molar-refractivity contribution < 1.29 is 14.3 Å². The van der Waals surface area contributed by atoms with Gasteiger partial charge in [-0.2, -0.15) is 5.10 Å². The standard InChI is InChI=1S/C20H20N4O3/c1-2-27-18-9-4-3-6-13(18)10-22-20(26)15-12-23-24-16-7-5-8-17(25)14(16)11-21-19(15)24/h3-4,6,9,11-12H,2,5,7-8,10H2,1H3,(H,22,26). The fourth-order valence-electron chi connectivity index (χ4n) is 3.38. The van der Waals surface area contributed by atoms with E-state index in [1.54, 1.807) is 10.7 Å². The zero-order chi connectivity index (χ0) is 18.8. The first kappa shape index (κ1) is 17.2. The number of ether oxygens (including phenoxy) is 1. The van der Waals surface area contributed by atoms with Crippen LogP contribution >= 0.6 is 0 Å². The predicted molar refractivity (Wildman–Crippen MR) is 99.0 cm³/mol. The first-order chi connectivity index (χ1) is 13.2. The molecule has 7 heteroatoms. The van der Waals surface area contributed by atoms with Gasteiger partial charge in [-0.05, 0) is 25.8 Å². The summed E-state index contributed by atoms with van der Waals surface area (Å²) in [6.45, 7) is 2.83. The van der Waals surface area contributed by atoms with Crippen LogP contribution in [0.2, 0.25) is 0 Å². The van der Waals surface area contributed by atoms with Crippen molar-refractivity contribution in [3.8, 4) is 5.75 Å². The zero-order valence-electron chi connectivity index (χ0n) is 15.1. The van der Waals surface area contributed by atoms with Gasteiger partial charge in [0.15, 0.2) is 11.4 Å². The number of ketones is 1. The number of aromatic nitrogens is 3. The van der Waals surface area contributed by atoms with Crippen molar-refractivity contribution >= 4 is 17.3 Å². The molecule has 7 nitrogen and oxygen atoms in total. The fraction of sp³-hybridized carbons (Fsp3) is 0.300. The monoisotopic (exact) mass is 364 g/mol. The average Bonchev–Trinajstić information content (AvgIpc) is 3.12. The summed E-state index contributed by atoms with van der Waals surface area (Å²) in [7, 11) is 0. The van der Waals surface area contributed by atoms with Crippen LogP contribution < -0.4 is 10.1 Å². The molecule has 2 aromatic heterocycles. The fourth-order valence-corrected chi connectivity index (χ4v) is 3.38. The third kappa shape index (κ3) is 3.16. The van der Waals surface area contributed by atoms with Crippen LogP contribution in [0.5, 0.6) is 5.75 Å². The highest BCUT2D eigenvalue weighted by atomic mass is 16.5. The molecule has 0 radical (unpaired) electrons. The van der Waals surface area contributed by atoms with E-state index in [1.807, 2.05) is 31.2 Å². The number of hydrogen-bond donors (Lipinski definition) is 1. The average molecular weight is 364 g/mol. The van der Waals surface area contributed by atoms with Gasteiger partial charge in [0, 0.05) is 24.7 Å². The van der Waals surface area contributed by atoms with E-state index in [0.717, 1.165) is 29.8 Å². The van der Waals surface area contributed by atoms with Crippen molar-refractivity contribution in [1.82, 2.24) is 19.9 Å². The highest BCUT2D eigenvalue weighted by Gasteiger charge is 2.23. The van der Waals surface area contributed by atoms with Crippen LogP contribution in [-0.4, -0.2) is 32.9 Å². The summed E-state index contributed by atoms with van der Waals surface area (Å²) in [4.78, 5) is 29.0. The van der Waals surface area contributed by atoms with Crippen molar-refractivity contribution in [1.29, 1.82) is 0 Å². The van der Waals surface area contributed by atoms with Crippen molar-refractivity contribution in [2.45, 2.75) is 32.7 Å². The molecule has 4 rings (SSSR count). The van der Waals surface area contributed by atoms with Crippen LogP contribution in [-0.2, 0) is 13.0 Å². The molecule has 0 aliphatic heterocycles. The summed E-state index contributed by atoms with van der Waals surface area (Å²) in [5.41, 5.74) is 3.20. The molecule has 0 saturated carbocycles. The Kier molecular flexibility index (Phi) is 4.58. The normalized spacial score (nSPS) is 13.4. The molecule has 1 aliphatic carbocycles. The molecule has 0 unspecified atom stereocenters. The van der Waals surface area contributed by atoms with E-state index in [4.69, 9.17) is 4.74 Å². The number of aryl methyl sites for hydroxylation is 1. The molecular formula is C20H20N4O3. The second-order valence-corrected chi connectivity index (χ2v) is 6.41. The van der Waals surface area contributed by atoms with E-state index in [2.05, 4.69) is 15.4 Å². The highest BCUT2D eigenvalue weighted by Crippen LogP contribution is 2.23. The minimum absolute atomic E-state index is 0.0830. The first-order valence-electron chi connectivity index (χ1n) is 9.06. The van der Waals surface area contributed by atoms with Gasteiger partial charge >= 0.3 is 0 Å². The van der Waals surface area contributed by atoms with Crippen molar-refractivity contribution in [2.24, 2.45) is 0 Å². The van der Waals surface area contributed by atoms with Gasteiger partial charge in [0.25, 0.3) is 5.91 Å². The summed E-state index contributed by atoms with van der Waals surface area (Å²) < 4.78 is 7.21. The Labute approximate surface area is 156 Å². The van der Waals surface area contributed by atoms with Gasteiger partial charge in [-0.15, -0.1) is 0 Å². The largest absolute Gasteiger partial charge is 0.494 e. The molecule has 1 aliphatic rings. The van der Waals surface area contributed by atoms with Crippen molar-refractivity contribution in [3.05, 3.63) is 59.0 Å². The summed E-state index contributed by atoms with van der Waals surface area (Å²) in [5.74, 6) is 0.580. The van der Waals surface area contributed by atoms with Crippen LogP contribution in [0.3, 0.4) is 0 Å². The Morgan fingerprint density at radius 3 is 2.96 bits per heavy atom. The third-order valence-electron chi connectivity index (χ3n) is 4.70. The Morgan fingerprint density at radius 2 is 2.11 bits per heavy atom. The van der Waals surface area contributed by atoms with E-state index in [9.17, 15) is 9.59 Å². The molecule has 1 N–H and O–H groups in total. The molecule has 0 atom stereocenters. The summed E-state index contributed by atoms with van der Waals surface area (Å²) in [6.07, 6.45) is 5.15. The minimum Gasteiger partial charge on any atom is -0.494 e. The molecule has 3 aromatic rings. The smallest absolute Gasteiger partial charge is 0.257 e. The number of Topliss-reactive ketones (excluding diaryl/α,β-unsaturated/α-hetero) is 1. The lowest BCUT2D eigenvalue weighted by Gasteiger charge is -2.15. The Bertz CT molecular complexity index is 1030. The Balaban J connectivity index is 1.58. The molecule has 0 fully saturated rings. The Hall–Kier alpha value is -3.22. The molecule has 0 saturated heterocycles. The summed E-state index contributed by atoms with van der Waals surface area (Å²) in [5, 5.41) is 7.21. The maximum atomic E-state index is 12.7. The number of hydrogen-bond acceptors (Lipinski definition) is 5. The highest BCUT2D eigenvalue weighted by molar-refractivity contribution is 6.01. The second-order valence-electron chi connectivity index (χ2n) is 6.41. The minimum atomic E-state index is -0.258. The van der Waals surface area contributed by atoms with Gasteiger partial charge in [0.05, 0.1) is 24.1 Å². The van der Waals surface area contributed by atoms with Gasteiger partial charge in [-0.25, -0.2) is 9.50 Å². The number of carbonyl (C=O) groups is 2. The molecule has 2 heterocycles. The van der Waals surface area contributed by atoms with Crippen LogP contribution in [0.15, 0.2) is 36.7 Å². The molecule has 1 aromatic carbocycles. The van der Waals surface area contributed by atoms with E-state index in [-0.39, 0.29) is 11.7 Å². The van der Waals surface area contributed by atoms with Gasteiger partial charge in [0.1, 0.15) is 11.3 Å². The number of para-hydroxylation sites is 1. The van der Waals surface area contributed by atoms with Gasteiger partial charge in [-0.3, -0.25) is 9.59 Å². The number of rotatable bonds is 5. The maximum Gasteiger partial charge on any atom is 0.257 e. The lowest BCUT2D eigenvalue weighted by molar-refractivity contribution is 0.0950. The van der Waals surface area contributed by atoms with E-state index in [1.165, 1.54) is 6.20 Å². The topological polar surface area (TPSA) is 85.6 Å².